The Labute approximate surface area is 95.3 Å². The molecular formula is C9H9N3OS2. The second kappa shape index (κ2) is 4.16. The summed E-state index contributed by atoms with van der Waals surface area (Å²) in [5.74, 6) is -0.0833. The number of aromatic nitrogens is 2. The predicted molar refractivity (Wildman–Crippen MR) is 61.8 cm³/mol. The number of hydrogen-bond donors (Lipinski definition) is 1. The largest absolute Gasteiger partial charge is 0.295 e. The molecule has 0 aliphatic heterocycles. The lowest BCUT2D eigenvalue weighted by Crippen LogP contribution is -2.10. The van der Waals surface area contributed by atoms with Crippen molar-refractivity contribution in [2.45, 2.75) is 18.9 Å². The number of rotatable bonds is 2. The van der Waals surface area contributed by atoms with E-state index in [1.54, 1.807) is 11.3 Å². The number of carbonyl (C=O) groups is 1. The number of nitrogens with one attached hydrogen (secondary N) is 1. The molecule has 0 saturated heterocycles. The molecule has 0 aromatic carbocycles. The summed E-state index contributed by atoms with van der Waals surface area (Å²) in [6.07, 6.45) is 1.52. The van der Waals surface area contributed by atoms with Gasteiger partial charge < -0.3 is 0 Å². The lowest BCUT2D eigenvalue weighted by atomic mass is 10.3. The van der Waals surface area contributed by atoms with Crippen LogP contribution in [0.25, 0.3) is 10.2 Å². The van der Waals surface area contributed by atoms with E-state index in [1.165, 1.54) is 25.2 Å². The van der Waals surface area contributed by atoms with E-state index in [4.69, 9.17) is 0 Å². The van der Waals surface area contributed by atoms with Crippen LogP contribution < -0.4 is 4.72 Å². The van der Waals surface area contributed by atoms with Gasteiger partial charge in [-0.1, -0.05) is 0 Å². The van der Waals surface area contributed by atoms with Gasteiger partial charge in [-0.2, -0.15) is 0 Å². The van der Waals surface area contributed by atoms with Crippen molar-refractivity contribution < 1.29 is 4.79 Å². The number of thiophene rings is 1. The summed E-state index contributed by atoms with van der Waals surface area (Å²) in [6, 6.07) is 0. The first-order chi connectivity index (χ1) is 7.18. The second-order valence-corrected chi connectivity index (χ2v) is 4.71. The van der Waals surface area contributed by atoms with Crippen molar-refractivity contribution in [2.75, 3.05) is 0 Å². The van der Waals surface area contributed by atoms with Gasteiger partial charge in [0, 0.05) is 18.9 Å². The van der Waals surface area contributed by atoms with E-state index in [9.17, 15) is 4.79 Å². The molecule has 0 radical (unpaired) electrons. The number of aryl methyl sites for hydroxylation is 1. The van der Waals surface area contributed by atoms with E-state index in [0.29, 0.717) is 0 Å². The van der Waals surface area contributed by atoms with Crippen LogP contribution in [-0.4, -0.2) is 15.9 Å². The van der Waals surface area contributed by atoms with Crippen LogP contribution in [0.4, 0.5) is 0 Å². The molecule has 0 aliphatic carbocycles. The Hall–Kier alpha value is -1.14. The number of fused-ring (bicyclic) bond motifs is 1. The molecule has 1 amide bonds. The molecular weight excluding hydrogens is 230 g/mol. The first kappa shape index (κ1) is 10.4. The third kappa shape index (κ3) is 2.10. The van der Waals surface area contributed by atoms with Gasteiger partial charge in [0.2, 0.25) is 5.91 Å². The summed E-state index contributed by atoms with van der Waals surface area (Å²) in [6.45, 7) is 3.49. The quantitative estimate of drug-likeness (QED) is 0.644. The number of carbonyl (C=O) groups excluding carboxylic acids is 1. The molecule has 15 heavy (non-hydrogen) atoms. The summed E-state index contributed by atoms with van der Waals surface area (Å²) < 4.78 is 3.68. The molecule has 4 nitrogen and oxygen atoms in total. The fourth-order valence-electron chi connectivity index (χ4n) is 1.14. The SMILES string of the molecule is CC(=O)NSc1ncnc2c(C)csc12. The Morgan fingerprint density at radius 1 is 1.53 bits per heavy atom. The van der Waals surface area contributed by atoms with E-state index < -0.39 is 0 Å². The molecule has 1 N–H and O–H groups in total. The number of amides is 1. The van der Waals surface area contributed by atoms with E-state index in [1.807, 2.05) is 12.3 Å². The minimum atomic E-state index is -0.0833. The van der Waals surface area contributed by atoms with Crippen LogP contribution in [0.2, 0.25) is 0 Å². The first-order valence-corrected chi connectivity index (χ1v) is 6.00. The van der Waals surface area contributed by atoms with E-state index in [2.05, 4.69) is 14.7 Å². The fraction of sp³-hybridized carbons (Fsp3) is 0.222. The highest BCUT2D eigenvalue weighted by Gasteiger charge is 2.08. The zero-order chi connectivity index (χ0) is 10.8. The van der Waals surface area contributed by atoms with Crippen molar-refractivity contribution in [3.05, 3.63) is 17.3 Å². The van der Waals surface area contributed by atoms with E-state index in [0.717, 1.165) is 20.8 Å². The molecule has 2 heterocycles. The highest BCUT2D eigenvalue weighted by molar-refractivity contribution is 7.98. The van der Waals surface area contributed by atoms with Crippen LogP contribution >= 0.6 is 23.3 Å². The van der Waals surface area contributed by atoms with Gasteiger partial charge in [0.1, 0.15) is 11.4 Å². The van der Waals surface area contributed by atoms with Gasteiger partial charge in [-0.15, -0.1) is 11.3 Å². The van der Waals surface area contributed by atoms with E-state index >= 15 is 0 Å². The minimum absolute atomic E-state index is 0.0833. The van der Waals surface area contributed by atoms with Crippen LogP contribution in [0.1, 0.15) is 12.5 Å². The highest BCUT2D eigenvalue weighted by Crippen LogP contribution is 2.29. The molecule has 6 heteroatoms. The lowest BCUT2D eigenvalue weighted by molar-refractivity contribution is -0.117. The molecule has 0 fully saturated rings. The van der Waals surface area contributed by atoms with E-state index in [-0.39, 0.29) is 5.91 Å². The summed E-state index contributed by atoms with van der Waals surface area (Å²) in [7, 11) is 0. The van der Waals surface area contributed by atoms with Gasteiger partial charge in [0.25, 0.3) is 0 Å². The smallest absolute Gasteiger partial charge is 0.226 e. The third-order valence-corrected chi connectivity index (χ3v) is 3.91. The molecule has 2 aromatic heterocycles. The Kier molecular flexibility index (Phi) is 2.88. The van der Waals surface area contributed by atoms with Gasteiger partial charge in [0.05, 0.1) is 10.2 Å². The minimum Gasteiger partial charge on any atom is -0.295 e. The molecule has 0 aliphatic rings. The molecule has 0 bridgehead atoms. The van der Waals surface area contributed by atoms with Crippen LogP contribution in [0.15, 0.2) is 16.7 Å². The highest BCUT2D eigenvalue weighted by atomic mass is 32.2. The molecule has 0 saturated carbocycles. The Balaban J connectivity index is 2.38. The first-order valence-electron chi connectivity index (χ1n) is 4.30. The van der Waals surface area contributed by atoms with Crippen molar-refractivity contribution >= 4 is 39.4 Å². The normalized spacial score (nSPS) is 10.5. The lowest BCUT2D eigenvalue weighted by Gasteiger charge is -2.00. The maximum atomic E-state index is 10.8. The average molecular weight is 239 g/mol. The average Bonchev–Trinajstić information content (AvgIpc) is 2.58. The number of hydrogen-bond acceptors (Lipinski definition) is 5. The Morgan fingerprint density at radius 2 is 2.33 bits per heavy atom. The second-order valence-electron chi connectivity index (χ2n) is 3.04. The zero-order valence-corrected chi connectivity index (χ0v) is 9.91. The standard InChI is InChI=1S/C9H9N3OS2/c1-5-3-14-8-7(5)10-4-11-9(8)15-12-6(2)13/h3-4H,1-2H3,(H,12,13). The summed E-state index contributed by atoms with van der Waals surface area (Å²) >= 11 is 2.83. The van der Waals surface area contributed by atoms with Crippen LogP contribution in [0, 0.1) is 6.92 Å². The summed E-state index contributed by atoms with van der Waals surface area (Å²) in [4.78, 5) is 19.1. The van der Waals surface area contributed by atoms with Gasteiger partial charge in [0.15, 0.2) is 0 Å². The van der Waals surface area contributed by atoms with Crippen molar-refractivity contribution in [1.29, 1.82) is 0 Å². The van der Waals surface area contributed by atoms with Gasteiger partial charge in [-0.05, 0) is 17.9 Å². The third-order valence-electron chi connectivity index (χ3n) is 1.79. The van der Waals surface area contributed by atoms with Crippen molar-refractivity contribution in [1.82, 2.24) is 14.7 Å². The molecule has 78 valence electrons. The van der Waals surface area contributed by atoms with Crippen molar-refractivity contribution in [3.63, 3.8) is 0 Å². The maximum absolute atomic E-state index is 10.8. The van der Waals surface area contributed by atoms with Crippen molar-refractivity contribution in [2.24, 2.45) is 0 Å². The maximum Gasteiger partial charge on any atom is 0.226 e. The molecule has 0 unspecified atom stereocenters. The Morgan fingerprint density at radius 3 is 3.07 bits per heavy atom. The zero-order valence-electron chi connectivity index (χ0n) is 8.27. The topological polar surface area (TPSA) is 54.9 Å². The van der Waals surface area contributed by atoms with Crippen molar-refractivity contribution in [3.8, 4) is 0 Å². The van der Waals surface area contributed by atoms with Gasteiger partial charge in [-0.25, -0.2) is 9.97 Å². The summed E-state index contributed by atoms with van der Waals surface area (Å²) in [5, 5.41) is 2.84. The predicted octanol–water partition coefficient (Wildman–Crippen LogP) is 2.14. The number of nitrogens with zero attached hydrogens (tertiary/aromatic N) is 2. The van der Waals surface area contributed by atoms with Crippen LogP contribution in [0.3, 0.4) is 0 Å². The Bertz CT molecular complexity index is 509. The molecule has 0 spiro atoms. The molecule has 2 aromatic rings. The monoisotopic (exact) mass is 239 g/mol. The molecule has 2 rings (SSSR count). The fourth-order valence-corrected chi connectivity index (χ4v) is 2.82. The van der Waals surface area contributed by atoms with Crippen LogP contribution in [0.5, 0.6) is 0 Å². The van der Waals surface area contributed by atoms with Crippen LogP contribution in [-0.2, 0) is 4.79 Å². The summed E-state index contributed by atoms with van der Waals surface area (Å²) in [5.41, 5.74) is 2.10. The van der Waals surface area contributed by atoms with Gasteiger partial charge in [-0.3, -0.25) is 9.52 Å². The molecule has 0 atom stereocenters. The van der Waals surface area contributed by atoms with Gasteiger partial charge >= 0.3 is 0 Å².